The lowest BCUT2D eigenvalue weighted by atomic mass is 9.85. The van der Waals surface area contributed by atoms with Gasteiger partial charge in [-0.1, -0.05) is 19.1 Å². The number of carboxylic acids is 1. The zero-order chi connectivity index (χ0) is 22.0. The van der Waals surface area contributed by atoms with Crippen molar-refractivity contribution >= 4 is 5.97 Å². The number of fused-ring (bicyclic) bond motifs is 1. The van der Waals surface area contributed by atoms with Crippen LogP contribution in [0.1, 0.15) is 48.3 Å². The molecule has 1 aliphatic carbocycles. The first kappa shape index (κ1) is 21.1. The standard InChI is InChI=1S/C25H26FNO4/c1-3-20(25(28)29)22-9-7-16-14-19(8-10-21(16)22)30-12-11-23-15(2)31-24(27-23)17-5-4-6-18(26)13-17/h4-6,8,10,13-14,20,22H,3,7,9,11-12H2,1-2H3,(H,28,29). The van der Waals surface area contributed by atoms with Crippen LogP contribution in [0.3, 0.4) is 0 Å². The zero-order valence-corrected chi connectivity index (χ0v) is 17.7. The summed E-state index contributed by atoms with van der Waals surface area (Å²) in [4.78, 5) is 16.0. The molecule has 0 saturated carbocycles. The van der Waals surface area contributed by atoms with E-state index < -0.39 is 5.97 Å². The summed E-state index contributed by atoms with van der Waals surface area (Å²) in [5.74, 6) is 0.556. The second-order valence-electron chi connectivity index (χ2n) is 7.99. The monoisotopic (exact) mass is 423 g/mol. The lowest BCUT2D eigenvalue weighted by Gasteiger charge is -2.19. The Hall–Kier alpha value is -3.15. The summed E-state index contributed by atoms with van der Waals surface area (Å²) in [6.45, 7) is 4.21. The van der Waals surface area contributed by atoms with Crippen molar-refractivity contribution in [3.63, 3.8) is 0 Å². The number of nitrogens with zero attached hydrogens (tertiary/aromatic N) is 1. The molecule has 6 heteroatoms. The molecular formula is C25H26FNO4. The van der Waals surface area contributed by atoms with Crippen LogP contribution in [0.4, 0.5) is 4.39 Å². The molecule has 2 aromatic carbocycles. The van der Waals surface area contributed by atoms with Crippen LogP contribution in [0.15, 0.2) is 46.9 Å². The second-order valence-corrected chi connectivity index (χ2v) is 7.99. The highest BCUT2D eigenvalue weighted by molar-refractivity contribution is 5.72. The number of rotatable bonds is 8. The van der Waals surface area contributed by atoms with Crippen LogP contribution in [-0.4, -0.2) is 22.7 Å². The van der Waals surface area contributed by atoms with Gasteiger partial charge in [0.05, 0.1) is 18.2 Å². The molecule has 31 heavy (non-hydrogen) atoms. The van der Waals surface area contributed by atoms with Crippen LogP contribution in [-0.2, 0) is 17.6 Å². The van der Waals surface area contributed by atoms with E-state index in [4.69, 9.17) is 9.15 Å². The fourth-order valence-corrected chi connectivity index (χ4v) is 4.44. The first-order chi connectivity index (χ1) is 15.0. The van der Waals surface area contributed by atoms with Gasteiger partial charge in [0.15, 0.2) is 0 Å². The van der Waals surface area contributed by atoms with E-state index >= 15 is 0 Å². The van der Waals surface area contributed by atoms with Crippen LogP contribution in [0, 0.1) is 18.7 Å². The second kappa shape index (κ2) is 8.92. The average molecular weight is 423 g/mol. The van der Waals surface area contributed by atoms with E-state index in [0.29, 0.717) is 36.7 Å². The van der Waals surface area contributed by atoms with E-state index in [1.807, 2.05) is 32.0 Å². The minimum atomic E-state index is -0.721. The maximum atomic E-state index is 13.5. The molecule has 0 fully saturated rings. The van der Waals surface area contributed by atoms with Gasteiger partial charge in [-0.15, -0.1) is 0 Å². The number of oxazole rings is 1. The fourth-order valence-electron chi connectivity index (χ4n) is 4.44. The Morgan fingerprint density at radius 1 is 1.32 bits per heavy atom. The number of carbonyl (C=O) groups is 1. The predicted octanol–water partition coefficient (Wildman–Crippen LogP) is 5.55. The van der Waals surface area contributed by atoms with Crippen molar-refractivity contribution in [2.24, 2.45) is 5.92 Å². The smallest absolute Gasteiger partial charge is 0.307 e. The average Bonchev–Trinajstić information content (AvgIpc) is 3.32. The van der Waals surface area contributed by atoms with E-state index in [2.05, 4.69) is 4.98 Å². The van der Waals surface area contributed by atoms with Crippen LogP contribution in [0.25, 0.3) is 11.5 Å². The van der Waals surface area contributed by atoms with Crippen molar-refractivity contribution in [2.45, 2.75) is 45.4 Å². The summed E-state index contributed by atoms with van der Waals surface area (Å²) in [6.07, 6.45) is 2.94. The van der Waals surface area contributed by atoms with Gasteiger partial charge in [-0.3, -0.25) is 4.79 Å². The van der Waals surface area contributed by atoms with Crippen molar-refractivity contribution in [1.29, 1.82) is 0 Å². The summed E-state index contributed by atoms with van der Waals surface area (Å²) in [5, 5.41) is 9.49. The van der Waals surface area contributed by atoms with E-state index in [9.17, 15) is 14.3 Å². The quantitative estimate of drug-likeness (QED) is 0.514. The summed E-state index contributed by atoms with van der Waals surface area (Å²) in [6, 6.07) is 12.1. The number of ether oxygens (including phenoxy) is 1. The molecule has 4 rings (SSSR count). The van der Waals surface area contributed by atoms with Crippen molar-refractivity contribution in [3.8, 4) is 17.2 Å². The van der Waals surface area contributed by atoms with Gasteiger partial charge in [0.2, 0.25) is 5.89 Å². The summed E-state index contributed by atoms with van der Waals surface area (Å²) >= 11 is 0. The highest BCUT2D eigenvalue weighted by Crippen LogP contribution is 2.41. The van der Waals surface area contributed by atoms with Gasteiger partial charge in [-0.2, -0.15) is 0 Å². The Bertz CT molecular complexity index is 1090. The molecule has 1 aliphatic rings. The Morgan fingerprint density at radius 2 is 2.16 bits per heavy atom. The summed E-state index contributed by atoms with van der Waals surface area (Å²) < 4.78 is 25.1. The number of aromatic nitrogens is 1. The molecule has 0 spiro atoms. The van der Waals surface area contributed by atoms with E-state index in [1.165, 1.54) is 17.7 Å². The molecule has 0 aliphatic heterocycles. The largest absolute Gasteiger partial charge is 0.493 e. The van der Waals surface area contributed by atoms with Crippen molar-refractivity contribution in [2.75, 3.05) is 6.61 Å². The third-order valence-corrected chi connectivity index (χ3v) is 6.05. The van der Waals surface area contributed by atoms with Gasteiger partial charge in [-0.25, -0.2) is 9.37 Å². The number of aliphatic carboxylic acids is 1. The fraction of sp³-hybridized carbons (Fsp3) is 0.360. The van der Waals surface area contributed by atoms with Gasteiger partial charge >= 0.3 is 5.97 Å². The van der Waals surface area contributed by atoms with E-state index in [0.717, 1.165) is 29.8 Å². The van der Waals surface area contributed by atoms with Gasteiger partial charge in [0.25, 0.3) is 0 Å². The maximum Gasteiger partial charge on any atom is 0.307 e. The normalized spacial score (nSPS) is 16.2. The molecule has 5 nitrogen and oxygen atoms in total. The first-order valence-electron chi connectivity index (χ1n) is 10.7. The number of hydrogen-bond donors (Lipinski definition) is 1. The zero-order valence-electron chi connectivity index (χ0n) is 17.7. The molecule has 1 N–H and O–H groups in total. The Labute approximate surface area is 180 Å². The molecule has 3 aromatic rings. The van der Waals surface area contributed by atoms with Crippen LogP contribution in [0.5, 0.6) is 5.75 Å². The lowest BCUT2D eigenvalue weighted by Crippen LogP contribution is -2.19. The van der Waals surface area contributed by atoms with Crippen molar-refractivity contribution < 1.29 is 23.4 Å². The van der Waals surface area contributed by atoms with E-state index in [1.54, 1.807) is 12.1 Å². The van der Waals surface area contributed by atoms with Crippen molar-refractivity contribution in [3.05, 3.63) is 70.9 Å². The first-order valence-corrected chi connectivity index (χ1v) is 10.7. The van der Waals surface area contributed by atoms with Gasteiger partial charge in [0, 0.05) is 12.0 Å². The Morgan fingerprint density at radius 3 is 2.90 bits per heavy atom. The number of carboxylic acid groups (broad SMARTS) is 1. The highest BCUT2D eigenvalue weighted by atomic mass is 19.1. The third-order valence-electron chi connectivity index (χ3n) is 6.05. The molecule has 0 amide bonds. The summed E-state index contributed by atoms with van der Waals surface area (Å²) in [5.41, 5.74) is 3.70. The number of hydrogen-bond acceptors (Lipinski definition) is 4. The third kappa shape index (κ3) is 4.48. The van der Waals surface area contributed by atoms with Gasteiger partial charge < -0.3 is 14.3 Å². The Kier molecular flexibility index (Phi) is 6.07. The molecule has 0 bridgehead atoms. The maximum absolute atomic E-state index is 13.5. The molecule has 0 saturated heterocycles. The molecule has 1 heterocycles. The number of halogens is 1. The van der Waals surface area contributed by atoms with Crippen LogP contribution < -0.4 is 4.74 Å². The minimum absolute atomic E-state index is 0.0746. The van der Waals surface area contributed by atoms with Crippen LogP contribution >= 0.6 is 0 Å². The lowest BCUT2D eigenvalue weighted by molar-refractivity contribution is -0.142. The van der Waals surface area contributed by atoms with Gasteiger partial charge in [-0.05, 0) is 73.6 Å². The van der Waals surface area contributed by atoms with Crippen molar-refractivity contribution in [1.82, 2.24) is 4.98 Å². The van der Waals surface area contributed by atoms with Crippen LogP contribution in [0.2, 0.25) is 0 Å². The predicted molar refractivity (Wildman–Crippen MR) is 115 cm³/mol. The molecular weight excluding hydrogens is 397 g/mol. The molecule has 2 atom stereocenters. The highest BCUT2D eigenvalue weighted by Gasteiger charge is 2.33. The van der Waals surface area contributed by atoms with Gasteiger partial charge in [0.1, 0.15) is 17.3 Å². The molecule has 2 unspecified atom stereocenters. The number of aryl methyl sites for hydroxylation is 2. The van der Waals surface area contributed by atoms with E-state index in [-0.39, 0.29) is 17.7 Å². The Balaban J connectivity index is 1.39. The molecule has 0 radical (unpaired) electrons. The SMILES string of the molecule is CCC(C(=O)O)C1CCc2cc(OCCc3nc(-c4cccc(F)c4)oc3C)ccc21. The summed E-state index contributed by atoms with van der Waals surface area (Å²) in [7, 11) is 0. The minimum Gasteiger partial charge on any atom is -0.493 e. The number of benzene rings is 2. The molecule has 1 aromatic heterocycles. The topological polar surface area (TPSA) is 72.6 Å². The molecule has 162 valence electrons.